The molecule has 0 radical (unpaired) electrons. The van der Waals surface area contributed by atoms with E-state index in [4.69, 9.17) is 9.94 Å². The van der Waals surface area contributed by atoms with Crippen LogP contribution in [0.2, 0.25) is 0 Å². The van der Waals surface area contributed by atoms with Crippen molar-refractivity contribution in [1.29, 1.82) is 0 Å². The van der Waals surface area contributed by atoms with Crippen LogP contribution in [0.3, 0.4) is 0 Å². The fourth-order valence-electron chi connectivity index (χ4n) is 1.72. The van der Waals surface area contributed by atoms with Crippen LogP contribution in [0.5, 0.6) is 5.75 Å². The van der Waals surface area contributed by atoms with E-state index in [0.29, 0.717) is 17.3 Å². The maximum absolute atomic E-state index is 12.4. The average Bonchev–Trinajstić information content (AvgIpc) is 2.47. The van der Waals surface area contributed by atoms with Gasteiger partial charge in [0.15, 0.2) is 0 Å². The van der Waals surface area contributed by atoms with Gasteiger partial charge in [0, 0.05) is 4.90 Å². The summed E-state index contributed by atoms with van der Waals surface area (Å²) in [5.74, 6) is 5.29. The lowest BCUT2D eigenvalue weighted by Gasteiger charge is -2.18. The highest BCUT2D eigenvalue weighted by atomic mass is 32.2. The van der Waals surface area contributed by atoms with Crippen LogP contribution in [-0.4, -0.2) is 27.2 Å². The van der Waals surface area contributed by atoms with Crippen molar-refractivity contribution in [2.24, 2.45) is 5.92 Å². The number of benzene rings is 1. The molecule has 1 aromatic rings. The van der Waals surface area contributed by atoms with Gasteiger partial charge in [0.25, 0.3) is 5.91 Å². The van der Waals surface area contributed by atoms with Gasteiger partial charge < -0.3 is 4.74 Å². The summed E-state index contributed by atoms with van der Waals surface area (Å²) < 4.78 is 17.8. The van der Waals surface area contributed by atoms with Crippen molar-refractivity contribution in [3.05, 3.63) is 24.3 Å². The van der Waals surface area contributed by atoms with E-state index in [1.54, 1.807) is 50.5 Å². The molecule has 0 fully saturated rings. The molecule has 0 aliphatic heterocycles. The van der Waals surface area contributed by atoms with Crippen molar-refractivity contribution in [2.45, 2.75) is 30.9 Å². The normalized spacial score (nSPS) is 13.0. The van der Waals surface area contributed by atoms with Crippen molar-refractivity contribution in [3.63, 3.8) is 0 Å². The van der Waals surface area contributed by atoms with E-state index < -0.39 is 22.0 Å². The zero-order chi connectivity index (χ0) is 15.8. The second kappa shape index (κ2) is 8.45. The van der Waals surface area contributed by atoms with Crippen molar-refractivity contribution < 1.29 is 18.9 Å². The van der Waals surface area contributed by atoms with Crippen LogP contribution >= 0.6 is 0 Å². The number of rotatable bonds is 6. The number of carbonyl (C=O) groups excluding carboxylic acids is 1. The van der Waals surface area contributed by atoms with Crippen LogP contribution in [0.15, 0.2) is 29.2 Å². The number of nitrogens with one attached hydrogen (secondary N) is 1. The molecule has 0 aliphatic carbocycles. The number of hydrogen-bond acceptors (Lipinski definition) is 4. The first-order valence-electron chi connectivity index (χ1n) is 6.48. The molecule has 2 N–H and O–H groups in total. The Morgan fingerprint density at radius 1 is 1.38 bits per heavy atom. The molecule has 1 aromatic carbocycles. The monoisotopic (exact) mass is 309 g/mol. The maximum atomic E-state index is 12.4. The van der Waals surface area contributed by atoms with Gasteiger partial charge in [0.05, 0.1) is 10.8 Å². The molecule has 1 rings (SSSR count). The predicted octanol–water partition coefficient (Wildman–Crippen LogP) is 1.73. The van der Waals surface area contributed by atoms with Gasteiger partial charge in [-0.15, -0.1) is 5.92 Å². The van der Waals surface area contributed by atoms with Gasteiger partial charge in [-0.1, -0.05) is 19.8 Å². The Labute approximate surface area is 127 Å². The average molecular weight is 309 g/mol. The van der Waals surface area contributed by atoms with E-state index in [1.165, 1.54) is 0 Å². The highest BCUT2D eigenvalue weighted by Gasteiger charge is 2.29. The van der Waals surface area contributed by atoms with Gasteiger partial charge in [-0.25, -0.2) is 5.48 Å². The molecule has 2 atom stereocenters. The highest BCUT2D eigenvalue weighted by Crippen LogP contribution is 2.20. The standard InChI is InChI=1S/C15H19NO4S/c1-4-5-10-20-12-6-8-13(9-7-12)21(19)14(11(2)3)15(17)16-18/h6-9,11,14,18H,10H2,1-3H3,(H,16,17)/t14?,21-/m1/s1. The number of carbonyl (C=O) groups is 1. The second-order valence-corrected chi connectivity index (χ2v) is 6.20. The first-order chi connectivity index (χ1) is 10.0. The zero-order valence-corrected chi connectivity index (χ0v) is 13.1. The topological polar surface area (TPSA) is 75.6 Å². The van der Waals surface area contributed by atoms with Crippen LogP contribution in [0.25, 0.3) is 0 Å². The van der Waals surface area contributed by atoms with E-state index in [1.807, 2.05) is 0 Å². The van der Waals surface area contributed by atoms with E-state index in [-0.39, 0.29) is 5.92 Å². The van der Waals surface area contributed by atoms with Gasteiger partial charge in [-0.3, -0.25) is 14.2 Å². The van der Waals surface area contributed by atoms with Crippen LogP contribution in [0.4, 0.5) is 0 Å². The molecule has 6 heteroatoms. The SMILES string of the molecule is CC#CCOc1ccc([S@@](=O)C(C(=O)NO)C(C)C)cc1. The van der Waals surface area contributed by atoms with Gasteiger partial charge in [0.1, 0.15) is 17.6 Å². The third-order valence-electron chi connectivity index (χ3n) is 2.75. The minimum absolute atomic E-state index is 0.172. The van der Waals surface area contributed by atoms with Crippen molar-refractivity contribution in [3.8, 4) is 17.6 Å². The predicted molar refractivity (Wildman–Crippen MR) is 80.4 cm³/mol. The number of hydrogen-bond donors (Lipinski definition) is 2. The summed E-state index contributed by atoms with van der Waals surface area (Å²) >= 11 is 0. The zero-order valence-electron chi connectivity index (χ0n) is 12.3. The minimum atomic E-state index is -1.55. The summed E-state index contributed by atoms with van der Waals surface area (Å²) in [6, 6.07) is 6.65. The van der Waals surface area contributed by atoms with Gasteiger partial charge in [-0.2, -0.15) is 0 Å². The molecular weight excluding hydrogens is 290 g/mol. The van der Waals surface area contributed by atoms with Crippen LogP contribution in [0.1, 0.15) is 20.8 Å². The lowest BCUT2D eigenvalue weighted by Crippen LogP contribution is -2.39. The first kappa shape index (κ1) is 17.2. The molecule has 0 aromatic heterocycles. The third kappa shape index (κ3) is 4.88. The summed E-state index contributed by atoms with van der Waals surface area (Å²) in [7, 11) is -1.55. The Morgan fingerprint density at radius 3 is 2.48 bits per heavy atom. The molecule has 0 saturated heterocycles. The molecular formula is C15H19NO4S. The third-order valence-corrected chi connectivity index (χ3v) is 4.71. The van der Waals surface area contributed by atoms with E-state index in [9.17, 15) is 9.00 Å². The summed E-state index contributed by atoms with van der Waals surface area (Å²) in [6.45, 7) is 5.58. The van der Waals surface area contributed by atoms with Gasteiger partial charge >= 0.3 is 0 Å². The minimum Gasteiger partial charge on any atom is -0.481 e. The second-order valence-electron chi connectivity index (χ2n) is 4.62. The highest BCUT2D eigenvalue weighted by molar-refractivity contribution is 7.86. The van der Waals surface area contributed by atoms with Crippen molar-refractivity contribution in [1.82, 2.24) is 5.48 Å². The molecule has 0 heterocycles. The molecule has 114 valence electrons. The number of ether oxygens (including phenoxy) is 1. The Hall–Kier alpha value is -1.84. The molecule has 0 bridgehead atoms. The molecule has 21 heavy (non-hydrogen) atoms. The summed E-state index contributed by atoms with van der Waals surface area (Å²) in [5, 5.41) is 7.94. The van der Waals surface area contributed by atoms with Crippen molar-refractivity contribution >= 4 is 16.7 Å². The molecule has 5 nitrogen and oxygen atoms in total. The smallest absolute Gasteiger partial charge is 0.259 e. The number of hydroxylamine groups is 1. The molecule has 1 unspecified atom stereocenters. The summed E-state index contributed by atoms with van der Waals surface area (Å²) in [4.78, 5) is 12.1. The Balaban J connectivity index is 2.86. The van der Waals surface area contributed by atoms with Gasteiger partial charge in [0.2, 0.25) is 0 Å². The molecule has 0 spiro atoms. The largest absolute Gasteiger partial charge is 0.481 e. The summed E-state index contributed by atoms with van der Waals surface area (Å²) in [6.07, 6.45) is 0. The van der Waals surface area contributed by atoms with E-state index >= 15 is 0 Å². The van der Waals surface area contributed by atoms with Crippen LogP contribution < -0.4 is 10.2 Å². The quantitative estimate of drug-likeness (QED) is 0.477. The first-order valence-corrected chi connectivity index (χ1v) is 7.69. The Morgan fingerprint density at radius 2 is 2.00 bits per heavy atom. The number of amides is 1. The molecule has 1 amide bonds. The van der Waals surface area contributed by atoms with Crippen molar-refractivity contribution in [2.75, 3.05) is 6.61 Å². The Kier molecular flexibility index (Phi) is 6.92. The maximum Gasteiger partial charge on any atom is 0.259 e. The lowest BCUT2D eigenvalue weighted by molar-refractivity contribution is -0.129. The van der Waals surface area contributed by atoms with E-state index in [2.05, 4.69) is 11.8 Å². The van der Waals surface area contributed by atoms with E-state index in [0.717, 1.165) is 0 Å². The lowest BCUT2D eigenvalue weighted by atomic mass is 10.1. The molecule has 0 aliphatic rings. The van der Waals surface area contributed by atoms with Crippen LogP contribution in [-0.2, 0) is 15.6 Å². The van der Waals surface area contributed by atoms with Gasteiger partial charge in [-0.05, 0) is 37.1 Å². The Bertz CT molecular complexity index is 557. The van der Waals surface area contributed by atoms with Crippen LogP contribution in [0, 0.1) is 17.8 Å². The fourth-order valence-corrected chi connectivity index (χ4v) is 3.16. The fraction of sp³-hybridized carbons (Fsp3) is 0.400. The molecule has 0 saturated carbocycles. The summed E-state index contributed by atoms with van der Waals surface area (Å²) in [5.41, 5.74) is 1.57.